The number of ether oxygens (including phenoxy) is 2. The maximum atomic E-state index is 12.9. The Balaban J connectivity index is 1.35. The Morgan fingerprint density at radius 2 is 2.08 bits per heavy atom. The topological polar surface area (TPSA) is 105 Å². The van der Waals surface area contributed by atoms with E-state index in [1.54, 1.807) is 17.3 Å². The summed E-state index contributed by atoms with van der Waals surface area (Å²) in [6.45, 7) is 5.62. The van der Waals surface area contributed by atoms with Crippen molar-refractivity contribution in [3.05, 3.63) is 75.9 Å². The number of hydrogen-bond donors (Lipinski definition) is 1. The molecular weight excluding hydrogens is 488 g/mol. The van der Waals surface area contributed by atoms with E-state index in [0.717, 1.165) is 27.3 Å². The monoisotopic (exact) mass is 518 g/mol. The van der Waals surface area contributed by atoms with Gasteiger partial charge in [-0.2, -0.15) is 5.26 Å². The van der Waals surface area contributed by atoms with E-state index in [4.69, 9.17) is 9.47 Å². The number of nitrogens with zero attached hydrogens (tertiary/aromatic N) is 3. The number of carbonyl (C=O) groups is 2. The van der Waals surface area contributed by atoms with Gasteiger partial charge in [0.2, 0.25) is 5.91 Å². The zero-order valence-corrected chi connectivity index (χ0v) is 21.8. The fraction of sp³-hybridized carbons (Fsp3) is 0.357. The van der Waals surface area contributed by atoms with Crippen LogP contribution in [0.3, 0.4) is 0 Å². The number of nitriles is 1. The lowest BCUT2D eigenvalue weighted by Gasteiger charge is -2.26. The van der Waals surface area contributed by atoms with Gasteiger partial charge in [-0.3, -0.25) is 9.78 Å². The summed E-state index contributed by atoms with van der Waals surface area (Å²) in [4.78, 5) is 32.0. The summed E-state index contributed by atoms with van der Waals surface area (Å²) in [6.07, 6.45) is 4.49. The SMILES string of the molecule is CCOc1cccc(C(C)CC(=O)Nc2sc3c(c2C#N)CCN(C(=O)OCCc2ccncc2)C3)c1. The van der Waals surface area contributed by atoms with Gasteiger partial charge >= 0.3 is 6.09 Å². The number of hydrogen-bond acceptors (Lipinski definition) is 7. The first kappa shape index (κ1) is 26.2. The third kappa shape index (κ3) is 6.66. The van der Waals surface area contributed by atoms with Gasteiger partial charge in [0.25, 0.3) is 0 Å². The minimum absolute atomic E-state index is 0.0158. The molecule has 0 saturated heterocycles. The van der Waals surface area contributed by atoms with E-state index < -0.39 is 0 Å². The third-order valence-electron chi connectivity index (χ3n) is 6.28. The van der Waals surface area contributed by atoms with Crippen molar-refractivity contribution in [3.8, 4) is 11.8 Å². The number of carbonyl (C=O) groups excluding carboxylic acids is 2. The van der Waals surface area contributed by atoms with Gasteiger partial charge in [-0.05, 0) is 60.2 Å². The largest absolute Gasteiger partial charge is 0.494 e. The molecule has 192 valence electrons. The Bertz CT molecular complexity index is 1290. The quantitative estimate of drug-likeness (QED) is 0.413. The first-order chi connectivity index (χ1) is 18.0. The summed E-state index contributed by atoms with van der Waals surface area (Å²) in [5.74, 6) is 0.611. The molecule has 0 radical (unpaired) electrons. The molecule has 1 atom stereocenters. The van der Waals surface area contributed by atoms with Crippen molar-refractivity contribution in [2.45, 2.75) is 45.6 Å². The predicted molar refractivity (Wildman–Crippen MR) is 142 cm³/mol. The highest BCUT2D eigenvalue weighted by Crippen LogP contribution is 2.37. The third-order valence-corrected chi connectivity index (χ3v) is 7.41. The average Bonchev–Trinajstić information content (AvgIpc) is 3.25. The van der Waals surface area contributed by atoms with E-state index in [-0.39, 0.29) is 30.9 Å². The lowest BCUT2D eigenvalue weighted by atomic mass is 9.97. The molecule has 0 fully saturated rings. The van der Waals surface area contributed by atoms with Crippen molar-refractivity contribution < 1.29 is 19.1 Å². The minimum Gasteiger partial charge on any atom is -0.494 e. The van der Waals surface area contributed by atoms with E-state index in [9.17, 15) is 14.9 Å². The van der Waals surface area contributed by atoms with Gasteiger partial charge in [-0.15, -0.1) is 11.3 Å². The molecule has 1 unspecified atom stereocenters. The standard InChI is InChI=1S/C28H30N4O4S/c1-3-35-22-6-4-5-21(16-22)19(2)15-26(33)31-27-24(17-29)23-9-13-32(18-25(23)37-27)28(34)36-14-10-20-7-11-30-12-8-20/h4-8,11-12,16,19H,3,9-10,13-15,18H2,1-2H3,(H,31,33). The van der Waals surface area contributed by atoms with E-state index in [2.05, 4.69) is 16.4 Å². The molecule has 8 nitrogen and oxygen atoms in total. The molecule has 0 bridgehead atoms. The van der Waals surface area contributed by atoms with Gasteiger partial charge in [-0.1, -0.05) is 19.1 Å². The number of benzene rings is 1. The van der Waals surface area contributed by atoms with Gasteiger partial charge in [0.15, 0.2) is 0 Å². The van der Waals surface area contributed by atoms with Crippen LogP contribution in [-0.2, 0) is 28.9 Å². The summed E-state index contributed by atoms with van der Waals surface area (Å²) >= 11 is 1.36. The number of nitrogens with one attached hydrogen (secondary N) is 1. The molecule has 1 N–H and O–H groups in total. The molecular formula is C28H30N4O4S. The zero-order valence-electron chi connectivity index (χ0n) is 21.0. The van der Waals surface area contributed by atoms with Crippen molar-refractivity contribution in [3.63, 3.8) is 0 Å². The summed E-state index contributed by atoms with van der Waals surface area (Å²) in [5.41, 5.74) is 3.47. The molecule has 37 heavy (non-hydrogen) atoms. The summed E-state index contributed by atoms with van der Waals surface area (Å²) in [6, 6.07) is 13.8. The van der Waals surface area contributed by atoms with Crippen LogP contribution in [0.5, 0.6) is 5.75 Å². The van der Waals surface area contributed by atoms with Gasteiger partial charge in [-0.25, -0.2) is 4.79 Å². The van der Waals surface area contributed by atoms with Crippen LogP contribution < -0.4 is 10.1 Å². The van der Waals surface area contributed by atoms with Crippen LogP contribution in [0, 0.1) is 11.3 Å². The predicted octanol–water partition coefficient (Wildman–Crippen LogP) is 5.28. The van der Waals surface area contributed by atoms with E-state index >= 15 is 0 Å². The second-order valence-electron chi connectivity index (χ2n) is 8.87. The number of anilines is 1. The van der Waals surface area contributed by atoms with E-state index in [0.29, 0.717) is 43.1 Å². The maximum Gasteiger partial charge on any atom is 0.410 e. The number of fused-ring (bicyclic) bond motifs is 1. The number of rotatable bonds is 9. The molecule has 3 aromatic rings. The molecule has 1 aliphatic rings. The Morgan fingerprint density at radius 1 is 1.27 bits per heavy atom. The molecule has 2 amide bonds. The number of aromatic nitrogens is 1. The summed E-state index contributed by atoms with van der Waals surface area (Å²) < 4.78 is 11.0. The molecule has 0 saturated carbocycles. The lowest BCUT2D eigenvalue weighted by Crippen LogP contribution is -2.36. The molecule has 0 spiro atoms. The smallest absolute Gasteiger partial charge is 0.410 e. The Kier molecular flexibility index (Phi) is 8.75. The van der Waals surface area contributed by atoms with E-state index in [1.165, 1.54) is 11.3 Å². The normalized spacial score (nSPS) is 13.3. The zero-order chi connectivity index (χ0) is 26.2. The molecule has 1 aliphatic heterocycles. The van der Waals surface area contributed by atoms with Gasteiger partial charge in [0.1, 0.15) is 16.8 Å². The van der Waals surface area contributed by atoms with Gasteiger partial charge in [0.05, 0.1) is 25.3 Å². The maximum absolute atomic E-state index is 12.9. The molecule has 0 aliphatic carbocycles. The molecule has 3 heterocycles. The highest BCUT2D eigenvalue weighted by Gasteiger charge is 2.28. The van der Waals surface area contributed by atoms with Crippen molar-refractivity contribution in [2.24, 2.45) is 0 Å². The highest BCUT2D eigenvalue weighted by atomic mass is 32.1. The summed E-state index contributed by atoms with van der Waals surface area (Å²) in [7, 11) is 0. The van der Waals surface area contributed by atoms with Crippen molar-refractivity contribution in [1.29, 1.82) is 5.26 Å². The van der Waals surface area contributed by atoms with Gasteiger partial charge in [0, 0.05) is 36.7 Å². The molecule has 9 heteroatoms. The molecule has 4 rings (SSSR count). The van der Waals surface area contributed by atoms with Crippen LogP contribution in [0.15, 0.2) is 48.8 Å². The molecule has 2 aromatic heterocycles. The van der Waals surface area contributed by atoms with Crippen LogP contribution >= 0.6 is 11.3 Å². The highest BCUT2D eigenvalue weighted by molar-refractivity contribution is 7.16. The van der Waals surface area contributed by atoms with Crippen LogP contribution in [-0.4, -0.2) is 41.6 Å². The van der Waals surface area contributed by atoms with Crippen LogP contribution in [0.4, 0.5) is 9.80 Å². The fourth-order valence-electron chi connectivity index (χ4n) is 4.31. The Hall–Kier alpha value is -3.90. The number of amides is 2. The first-order valence-electron chi connectivity index (χ1n) is 12.4. The first-order valence-corrected chi connectivity index (χ1v) is 13.2. The second-order valence-corrected chi connectivity index (χ2v) is 9.98. The fourth-order valence-corrected chi connectivity index (χ4v) is 5.54. The Labute approximate surface area is 220 Å². The number of thiophene rings is 1. The van der Waals surface area contributed by atoms with Crippen LogP contribution in [0.2, 0.25) is 0 Å². The van der Waals surface area contributed by atoms with E-state index in [1.807, 2.05) is 50.2 Å². The van der Waals surface area contributed by atoms with Crippen molar-refractivity contribution in [1.82, 2.24) is 9.88 Å². The van der Waals surface area contributed by atoms with Crippen molar-refractivity contribution in [2.75, 3.05) is 25.1 Å². The van der Waals surface area contributed by atoms with Gasteiger partial charge < -0.3 is 19.7 Å². The molecule has 1 aromatic carbocycles. The van der Waals surface area contributed by atoms with Crippen molar-refractivity contribution >= 4 is 28.3 Å². The Morgan fingerprint density at radius 3 is 2.84 bits per heavy atom. The van der Waals surface area contributed by atoms with Crippen LogP contribution in [0.25, 0.3) is 0 Å². The summed E-state index contributed by atoms with van der Waals surface area (Å²) in [5, 5.41) is 13.3. The average molecular weight is 519 g/mol. The van der Waals surface area contributed by atoms with Crippen LogP contribution in [0.1, 0.15) is 53.3 Å². The minimum atomic E-state index is -0.375. The lowest BCUT2D eigenvalue weighted by molar-refractivity contribution is -0.116. The second kappa shape index (κ2) is 12.4. The number of pyridine rings is 1.